The van der Waals surface area contributed by atoms with Crippen molar-refractivity contribution in [2.24, 2.45) is 13.0 Å². The first-order chi connectivity index (χ1) is 9.24. The summed E-state index contributed by atoms with van der Waals surface area (Å²) in [6, 6.07) is 8.01. The molecule has 3 rings (SSSR count). The van der Waals surface area contributed by atoms with Crippen LogP contribution in [0.25, 0.3) is 11.0 Å². The number of benzene rings is 1. The molecule has 100 valence electrons. The predicted molar refractivity (Wildman–Crippen MR) is 77.2 cm³/mol. The Morgan fingerprint density at radius 1 is 1.47 bits per heavy atom. The number of thioether (sulfide) groups is 1. The van der Waals surface area contributed by atoms with E-state index in [2.05, 4.69) is 10.3 Å². The minimum Gasteiger partial charge on any atom is -0.355 e. The van der Waals surface area contributed by atoms with Crippen molar-refractivity contribution >= 4 is 28.7 Å². The van der Waals surface area contributed by atoms with E-state index in [1.54, 1.807) is 0 Å². The van der Waals surface area contributed by atoms with Crippen LogP contribution in [0.5, 0.6) is 0 Å². The van der Waals surface area contributed by atoms with Gasteiger partial charge in [-0.2, -0.15) is 0 Å². The van der Waals surface area contributed by atoms with Gasteiger partial charge in [0.15, 0.2) is 5.16 Å². The second-order valence-corrected chi connectivity index (χ2v) is 5.92. The van der Waals surface area contributed by atoms with Gasteiger partial charge in [-0.3, -0.25) is 4.79 Å². The van der Waals surface area contributed by atoms with Gasteiger partial charge in [-0.25, -0.2) is 4.98 Å². The number of carbonyl (C=O) groups excluding carboxylic acids is 1. The highest BCUT2D eigenvalue weighted by atomic mass is 32.2. The maximum atomic E-state index is 11.7. The number of aryl methyl sites for hydroxylation is 1. The number of hydrogen-bond donors (Lipinski definition) is 1. The number of fused-ring (bicyclic) bond motifs is 1. The zero-order chi connectivity index (χ0) is 13.2. The smallest absolute Gasteiger partial charge is 0.230 e. The summed E-state index contributed by atoms with van der Waals surface area (Å²) >= 11 is 1.49. The van der Waals surface area contributed by atoms with E-state index in [1.807, 2.05) is 35.9 Å². The summed E-state index contributed by atoms with van der Waals surface area (Å²) in [4.78, 5) is 16.2. The van der Waals surface area contributed by atoms with E-state index in [1.165, 1.54) is 24.6 Å². The zero-order valence-electron chi connectivity index (χ0n) is 10.9. The van der Waals surface area contributed by atoms with Gasteiger partial charge in [0, 0.05) is 13.6 Å². The fraction of sp³-hybridized carbons (Fsp3) is 0.429. The molecule has 5 heteroatoms. The third kappa shape index (κ3) is 2.92. The largest absolute Gasteiger partial charge is 0.355 e. The third-order valence-electron chi connectivity index (χ3n) is 3.36. The van der Waals surface area contributed by atoms with Gasteiger partial charge in [-0.1, -0.05) is 23.9 Å². The van der Waals surface area contributed by atoms with Crippen LogP contribution < -0.4 is 5.32 Å². The molecular weight excluding hydrogens is 258 g/mol. The maximum Gasteiger partial charge on any atom is 0.230 e. The van der Waals surface area contributed by atoms with E-state index in [0.717, 1.165) is 28.7 Å². The van der Waals surface area contributed by atoms with Gasteiger partial charge in [0.1, 0.15) is 0 Å². The molecule has 1 amide bonds. The fourth-order valence-electron chi connectivity index (χ4n) is 2.01. The number of carbonyl (C=O) groups is 1. The summed E-state index contributed by atoms with van der Waals surface area (Å²) in [6.45, 7) is 0.835. The van der Waals surface area contributed by atoms with Gasteiger partial charge >= 0.3 is 0 Å². The first-order valence-electron chi connectivity index (χ1n) is 6.55. The number of aromatic nitrogens is 2. The van der Waals surface area contributed by atoms with Gasteiger partial charge in [0.05, 0.1) is 16.8 Å². The lowest BCUT2D eigenvalue weighted by molar-refractivity contribution is -0.118. The van der Waals surface area contributed by atoms with Crippen molar-refractivity contribution in [2.45, 2.75) is 18.0 Å². The number of nitrogens with one attached hydrogen (secondary N) is 1. The molecule has 19 heavy (non-hydrogen) atoms. The Morgan fingerprint density at radius 3 is 3.00 bits per heavy atom. The Balaban J connectivity index is 1.61. The summed E-state index contributed by atoms with van der Waals surface area (Å²) in [6.07, 6.45) is 2.52. The maximum absolute atomic E-state index is 11.7. The number of nitrogens with zero attached hydrogens (tertiary/aromatic N) is 2. The summed E-state index contributed by atoms with van der Waals surface area (Å²) in [5.74, 6) is 1.26. The number of hydrogen-bond acceptors (Lipinski definition) is 3. The summed E-state index contributed by atoms with van der Waals surface area (Å²) in [5, 5.41) is 3.86. The van der Waals surface area contributed by atoms with E-state index in [0.29, 0.717) is 5.75 Å². The topological polar surface area (TPSA) is 46.9 Å². The Morgan fingerprint density at radius 2 is 2.26 bits per heavy atom. The molecule has 1 fully saturated rings. The van der Waals surface area contributed by atoms with Crippen molar-refractivity contribution in [1.82, 2.24) is 14.9 Å². The lowest BCUT2D eigenvalue weighted by atomic mass is 10.3. The molecule has 1 aromatic carbocycles. The minimum atomic E-state index is 0.101. The summed E-state index contributed by atoms with van der Waals surface area (Å²) in [7, 11) is 1.99. The fourth-order valence-corrected chi connectivity index (χ4v) is 2.83. The molecule has 1 aliphatic rings. The van der Waals surface area contributed by atoms with Gasteiger partial charge < -0.3 is 9.88 Å². The Labute approximate surface area is 116 Å². The van der Waals surface area contributed by atoms with Crippen molar-refractivity contribution in [2.75, 3.05) is 12.3 Å². The Bertz CT molecular complexity index is 604. The second-order valence-electron chi connectivity index (χ2n) is 4.98. The molecule has 4 nitrogen and oxygen atoms in total. The summed E-state index contributed by atoms with van der Waals surface area (Å²) < 4.78 is 2.04. The van der Waals surface area contributed by atoms with E-state index >= 15 is 0 Å². The van der Waals surface area contributed by atoms with Gasteiger partial charge in [-0.05, 0) is 30.9 Å². The number of amides is 1. The Kier molecular flexibility index (Phi) is 3.46. The number of imidazole rings is 1. The van der Waals surface area contributed by atoms with Crippen LogP contribution in [-0.4, -0.2) is 27.8 Å². The quantitative estimate of drug-likeness (QED) is 0.851. The van der Waals surface area contributed by atoms with Crippen LogP contribution in [0.15, 0.2) is 29.4 Å². The minimum absolute atomic E-state index is 0.101. The molecule has 0 bridgehead atoms. The number of para-hydroxylation sites is 2. The highest BCUT2D eigenvalue weighted by Crippen LogP contribution is 2.27. The predicted octanol–water partition coefficient (Wildman–Crippen LogP) is 2.19. The van der Waals surface area contributed by atoms with Gasteiger partial charge in [0.2, 0.25) is 5.91 Å². The van der Waals surface area contributed by atoms with Crippen molar-refractivity contribution in [1.29, 1.82) is 0 Å². The molecule has 0 spiro atoms. The van der Waals surface area contributed by atoms with Crippen LogP contribution in [-0.2, 0) is 11.8 Å². The SMILES string of the molecule is Cn1c(SCC(=O)NCC2CC2)nc2ccccc21. The molecule has 1 heterocycles. The molecule has 0 saturated heterocycles. The first kappa shape index (κ1) is 12.5. The van der Waals surface area contributed by atoms with Crippen LogP contribution >= 0.6 is 11.8 Å². The third-order valence-corrected chi connectivity index (χ3v) is 4.39. The van der Waals surface area contributed by atoms with Gasteiger partial charge in [0.25, 0.3) is 0 Å². The average Bonchev–Trinajstić information content (AvgIpc) is 3.20. The standard InChI is InChI=1S/C14H17N3OS/c1-17-12-5-3-2-4-11(12)16-14(17)19-9-13(18)15-8-10-6-7-10/h2-5,10H,6-9H2,1H3,(H,15,18). The summed E-state index contributed by atoms with van der Waals surface area (Å²) in [5.41, 5.74) is 2.08. The number of rotatable bonds is 5. The molecule has 0 atom stereocenters. The van der Waals surface area contributed by atoms with Crippen molar-refractivity contribution in [3.63, 3.8) is 0 Å². The van der Waals surface area contributed by atoms with Crippen molar-refractivity contribution in [3.05, 3.63) is 24.3 Å². The highest BCUT2D eigenvalue weighted by Gasteiger charge is 2.21. The zero-order valence-corrected chi connectivity index (χ0v) is 11.7. The average molecular weight is 275 g/mol. The normalized spacial score (nSPS) is 14.8. The second kappa shape index (κ2) is 5.25. The van der Waals surface area contributed by atoms with Crippen LogP contribution in [0.4, 0.5) is 0 Å². The molecule has 1 aliphatic carbocycles. The Hall–Kier alpha value is -1.49. The molecule has 0 radical (unpaired) electrons. The van der Waals surface area contributed by atoms with Crippen molar-refractivity contribution in [3.8, 4) is 0 Å². The van der Waals surface area contributed by atoms with E-state index < -0.39 is 0 Å². The van der Waals surface area contributed by atoms with E-state index in [-0.39, 0.29) is 5.91 Å². The molecule has 1 saturated carbocycles. The van der Waals surface area contributed by atoms with Crippen LogP contribution in [0.3, 0.4) is 0 Å². The van der Waals surface area contributed by atoms with Crippen LogP contribution in [0.2, 0.25) is 0 Å². The molecule has 0 aliphatic heterocycles. The lowest BCUT2D eigenvalue weighted by Gasteiger charge is -2.04. The molecule has 0 unspecified atom stereocenters. The van der Waals surface area contributed by atoms with E-state index in [4.69, 9.17) is 0 Å². The van der Waals surface area contributed by atoms with E-state index in [9.17, 15) is 4.79 Å². The molecule has 1 aromatic heterocycles. The van der Waals surface area contributed by atoms with Crippen molar-refractivity contribution < 1.29 is 4.79 Å². The highest BCUT2D eigenvalue weighted by molar-refractivity contribution is 7.99. The monoisotopic (exact) mass is 275 g/mol. The molecular formula is C14H17N3OS. The van der Waals surface area contributed by atoms with Gasteiger partial charge in [-0.15, -0.1) is 0 Å². The first-order valence-corrected chi connectivity index (χ1v) is 7.53. The lowest BCUT2D eigenvalue weighted by Crippen LogP contribution is -2.27. The van der Waals surface area contributed by atoms with Crippen LogP contribution in [0, 0.1) is 5.92 Å². The molecule has 1 N–H and O–H groups in total. The molecule has 2 aromatic rings. The van der Waals surface area contributed by atoms with Crippen LogP contribution in [0.1, 0.15) is 12.8 Å².